The molecule has 0 spiro atoms. The minimum Gasteiger partial charge on any atom is -0.496 e. The summed E-state index contributed by atoms with van der Waals surface area (Å²) in [5.41, 5.74) is 1.77. The second-order valence-corrected chi connectivity index (χ2v) is 6.28. The van der Waals surface area contributed by atoms with Crippen LogP contribution in [0.1, 0.15) is 29.7 Å². The smallest absolute Gasteiger partial charge is 0.235 e. The minimum atomic E-state index is -1.00. The summed E-state index contributed by atoms with van der Waals surface area (Å²) < 4.78 is 5.38. The van der Waals surface area contributed by atoms with Gasteiger partial charge in [0.1, 0.15) is 11.7 Å². The molecule has 0 bridgehead atoms. The van der Waals surface area contributed by atoms with Crippen LogP contribution in [0.15, 0.2) is 36.5 Å². The van der Waals surface area contributed by atoms with E-state index in [1.807, 2.05) is 12.1 Å². The predicted molar refractivity (Wildman–Crippen MR) is 98.2 cm³/mol. The number of ketones is 1. The first-order valence-corrected chi connectivity index (χ1v) is 8.47. The molecule has 1 aliphatic heterocycles. The van der Waals surface area contributed by atoms with Gasteiger partial charge in [-0.15, -0.1) is 5.92 Å². The Morgan fingerprint density at radius 1 is 1.31 bits per heavy atom. The van der Waals surface area contributed by atoms with Gasteiger partial charge >= 0.3 is 0 Å². The number of hydrogen-bond donors (Lipinski definition) is 1. The molecule has 0 saturated carbocycles. The summed E-state index contributed by atoms with van der Waals surface area (Å²) in [5.74, 6) is 4.43. The predicted octanol–water partition coefficient (Wildman–Crippen LogP) is 2.51. The van der Waals surface area contributed by atoms with Gasteiger partial charge in [0.05, 0.1) is 13.2 Å². The number of pyridine rings is 1. The number of rotatable bonds is 4. The third kappa shape index (κ3) is 3.42. The molecule has 3 rings (SSSR count). The van der Waals surface area contributed by atoms with Gasteiger partial charge in [-0.1, -0.05) is 23.6 Å². The number of Topliss-reactive ketones (excluding diaryl/α,β-unsaturated/α-hetero) is 1. The van der Waals surface area contributed by atoms with Crippen molar-refractivity contribution in [2.45, 2.75) is 25.3 Å². The zero-order valence-electron chi connectivity index (χ0n) is 14.4. The molecule has 6 heteroatoms. The van der Waals surface area contributed by atoms with Gasteiger partial charge < -0.3 is 10.1 Å². The fourth-order valence-electron chi connectivity index (χ4n) is 3.07. The van der Waals surface area contributed by atoms with Gasteiger partial charge in [-0.2, -0.15) is 0 Å². The number of carbonyl (C=O) groups is 2. The Morgan fingerprint density at radius 2 is 2.12 bits per heavy atom. The normalized spacial score (nSPS) is 18.9. The van der Waals surface area contributed by atoms with Crippen LogP contribution in [-0.4, -0.2) is 29.8 Å². The average molecular weight is 369 g/mol. The molecule has 132 valence electrons. The fraction of sp³-hybridized carbons (Fsp3) is 0.250. The third-order valence-corrected chi connectivity index (χ3v) is 4.53. The zero-order valence-corrected chi connectivity index (χ0v) is 15.1. The highest BCUT2D eigenvalue weighted by atomic mass is 35.5. The molecular formula is C20H17ClN2O3. The molecule has 2 atom stereocenters. The maximum atomic E-state index is 12.9. The number of carbonyl (C=O) groups excluding carboxylic acids is 2. The number of nitrogens with zero attached hydrogens (tertiary/aromatic N) is 1. The first kappa shape index (κ1) is 18.0. The Hall–Kier alpha value is -2.84. The van der Waals surface area contributed by atoms with Crippen molar-refractivity contribution in [2.24, 2.45) is 0 Å². The molecule has 1 N–H and O–H groups in total. The maximum absolute atomic E-state index is 12.9. The standard InChI is InChI=1S/C20H17ClN2O3/c1-3-6-12-9-14(21)17(16(10-12)26-2)18-19(24)15(23-20(18)25)11-13-7-4-5-8-22-13/h4-5,7-10,15,18H,11H2,1-2H3,(H,23,25). The topological polar surface area (TPSA) is 68.3 Å². The van der Waals surface area contributed by atoms with Crippen LogP contribution in [0.25, 0.3) is 0 Å². The number of benzene rings is 1. The first-order valence-electron chi connectivity index (χ1n) is 8.09. The molecule has 1 fully saturated rings. The van der Waals surface area contributed by atoms with Crippen LogP contribution >= 0.6 is 11.6 Å². The molecule has 5 nitrogen and oxygen atoms in total. The Bertz CT molecular complexity index is 916. The maximum Gasteiger partial charge on any atom is 0.235 e. The van der Waals surface area contributed by atoms with E-state index in [1.54, 1.807) is 31.3 Å². The van der Waals surface area contributed by atoms with Crippen molar-refractivity contribution in [3.63, 3.8) is 0 Å². The minimum absolute atomic E-state index is 0.241. The van der Waals surface area contributed by atoms with Crippen molar-refractivity contribution >= 4 is 23.3 Å². The molecule has 0 aliphatic carbocycles. The van der Waals surface area contributed by atoms with Crippen LogP contribution in [-0.2, 0) is 16.0 Å². The molecule has 2 aromatic rings. The zero-order chi connectivity index (χ0) is 18.7. The lowest BCUT2D eigenvalue weighted by Crippen LogP contribution is -2.31. The van der Waals surface area contributed by atoms with Gasteiger partial charge in [0.15, 0.2) is 5.78 Å². The monoisotopic (exact) mass is 368 g/mol. The Balaban J connectivity index is 1.95. The van der Waals surface area contributed by atoms with E-state index >= 15 is 0 Å². The molecule has 1 aromatic carbocycles. The highest BCUT2D eigenvalue weighted by Gasteiger charge is 2.44. The molecule has 1 amide bonds. The number of nitrogens with one attached hydrogen (secondary N) is 1. The molecule has 1 saturated heterocycles. The molecule has 26 heavy (non-hydrogen) atoms. The van der Waals surface area contributed by atoms with E-state index in [9.17, 15) is 9.59 Å². The van der Waals surface area contributed by atoms with E-state index in [2.05, 4.69) is 22.1 Å². The van der Waals surface area contributed by atoms with Crippen molar-refractivity contribution in [3.05, 3.63) is 58.4 Å². The van der Waals surface area contributed by atoms with Gasteiger partial charge in [-0.25, -0.2) is 0 Å². The summed E-state index contributed by atoms with van der Waals surface area (Å²) in [4.78, 5) is 29.6. The third-order valence-electron chi connectivity index (χ3n) is 4.22. The van der Waals surface area contributed by atoms with Crippen LogP contribution in [0, 0.1) is 11.8 Å². The summed E-state index contributed by atoms with van der Waals surface area (Å²) in [7, 11) is 1.47. The number of hydrogen-bond acceptors (Lipinski definition) is 4. The number of aromatic nitrogens is 1. The second-order valence-electron chi connectivity index (χ2n) is 5.87. The van der Waals surface area contributed by atoms with Gasteiger partial charge in [-0.3, -0.25) is 14.6 Å². The van der Waals surface area contributed by atoms with E-state index in [4.69, 9.17) is 16.3 Å². The van der Waals surface area contributed by atoms with Crippen LogP contribution in [0.2, 0.25) is 5.02 Å². The molecular weight excluding hydrogens is 352 g/mol. The van der Waals surface area contributed by atoms with E-state index in [0.717, 1.165) is 5.69 Å². The lowest BCUT2D eigenvalue weighted by molar-refractivity contribution is -0.124. The number of methoxy groups -OCH3 is 1. The summed E-state index contributed by atoms with van der Waals surface area (Å²) in [6, 6.07) is 8.14. The van der Waals surface area contributed by atoms with E-state index in [0.29, 0.717) is 23.3 Å². The van der Waals surface area contributed by atoms with E-state index in [1.165, 1.54) is 7.11 Å². The summed E-state index contributed by atoms with van der Waals surface area (Å²) in [6.07, 6.45) is 1.99. The molecule has 1 aromatic heterocycles. The van der Waals surface area contributed by atoms with Crippen LogP contribution in [0.3, 0.4) is 0 Å². The number of halogens is 1. The SMILES string of the molecule is CC#Cc1cc(Cl)c(C2C(=O)NC(Cc3ccccn3)C2=O)c(OC)c1. The van der Waals surface area contributed by atoms with Crippen LogP contribution in [0.4, 0.5) is 0 Å². The summed E-state index contributed by atoms with van der Waals surface area (Å²) in [5, 5.41) is 3.03. The van der Waals surface area contributed by atoms with Gasteiger partial charge in [0.2, 0.25) is 5.91 Å². The molecule has 2 heterocycles. The highest BCUT2D eigenvalue weighted by Crippen LogP contribution is 2.38. The largest absolute Gasteiger partial charge is 0.496 e. The van der Waals surface area contributed by atoms with Gasteiger partial charge in [0.25, 0.3) is 0 Å². The molecule has 0 radical (unpaired) electrons. The Kier molecular flexibility index (Phi) is 5.24. The van der Waals surface area contributed by atoms with Crippen molar-refractivity contribution in [3.8, 4) is 17.6 Å². The van der Waals surface area contributed by atoms with Gasteiger partial charge in [-0.05, 0) is 31.2 Å². The first-order chi connectivity index (χ1) is 12.5. The highest BCUT2D eigenvalue weighted by molar-refractivity contribution is 6.33. The molecule has 1 aliphatic rings. The lowest BCUT2D eigenvalue weighted by atomic mass is 9.91. The van der Waals surface area contributed by atoms with Crippen molar-refractivity contribution in [1.82, 2.24) is 10.3 Å². The number of amides is 1. The summed E-state index contributed by atoms with van der Waals surface area (Å²) >= 11 is 6.38. The van der Waals surface area contributed by atoms with E-state index in [-0.39, 0.29) is 16.7 Å². The quantitative estimate of drug-likeness (QED) is 0.665. The van der Waals surface area contributed by atoms with Gasteiger partial charge in [0, 0.05) is 34.5 Å². The van der Waals surface area contributed by atoms with E-state index < -0.39 is 12.0 Å². The average Bonchev–Trinajstić information content (AvgIpc) is 2.89. The number of ether oxygens (including phenoxy) is 1. The van der Waals surface area contributed by atoms with Crippen molar-refractivity contribution < 1.29 is 14.3 Å². The second kappa shape index (κ2) is 7.59. The van der Waals surface area contributed by atoms with Crippen LogP contribution < -0.4 is 10.1 Å². The summed E-state index contributed by atoms with van der Waals surface area (Å²) in [6.45, 7) is 1.71. The Labute approximate surface area is 156 Å². The van der Waals surface area contributed by atoms with Crippen molar-refractivity contribution in [1.29, 1.82) is 0 Å². The lowest BCUT2D eigenvalue weighted by Gasteiger charge is -2.15. The van der Waals surface area contributed by atoms with Crippen molar-refractivity contribution in [2.75, 3.05) is 7.11 Å². The van der Waals surface area contributed by atoms with Crippen LogP contribution in [0.5, 0.6) is 5.75 Å². The molecule has 2 unspecified atom stereocenters. The Morgan fingerprint density at radius 3 is 2.77 bits per heavy atom. The fourth-order valence-corrected chi connectivity index (χ4v) is 3.39.